The number of benzene rings is 1. The number of rotatable bonds is 4. The number of nitrogens with zero attached hydrogens (tertiary/aromatic N) is 3. The van der Waals surface area contributed by atoms with Gasteiger partial charge in [0.2, 0.25) is 0 Å². The van der Waals surface area contributed by atoms with Gasteiger partial charge in [-0.3, -0.25) is 19.9 Å². The summed E-state index contributed by atoms with van der Waals surface area (Å²) >= 11 is 0. The van der Waals surface area contributed by atoms with Crippen LogP contribution in [0, 0.1) is 10.1 Å². The van der Waals surface area contributed by atoms with E-state index in [2.05, 4.69) is 15.0 Å². The van der Waals surface area contributed by atoms with Gasteiger partial charge in [-0.25, -0.2) is 0 Å². The van der Waals surface area contributed by atoms with Gasteiger partial charge in [-0.15, -0.1) is 12.4 Å². The zero-order valence-electron chi connectivity index (χ0n) is 17.5. The first-order valence-electron chi connectivity index (χ1n) is 10.4. The van der Waals surface area contributed by atoms with Crippen molar-refractivity contribution in [1.29, 1.82) is 0 Å². The second-order valence-electron chi connectivity index (χ2n) is 7.92. The first-order valence-corrected chi connectivity index (χ1v) is 10.4. The second-order valence-corrected chi connectivity index (χ2v) is 7.92. The molecule has 0 bridgehead atoms. The summed E-state index contributed by atoms with van der Waals surface area (Å²) in [6.07, 6.45) is 8.23. The van der Waals surface area contributed by atoms with Gasteiger partial charge >= 0.3 is 0 Å². The molecule has 1 amide bonds. The van der Waals surface area contributed by atoms with Crippen LogP contribution in [0.2, 0.25) is 0 Å². The number of pyridine rings is 1. The molecule has 0 saturated carbocycles. The van der Waals surface area contributed by atoms with Crippen LogP contribution < -0.4 is 0 Å². The number of aromatic amines is 2. The maximum absolute atomic E-state index is 13.2. The van der Waals surface area contributed by atoms with Crippen molar-refractivity contribution in [1.82, 2.24) is 19.9 Å². The predicted molar refractivity (Wildman–Crippen MR) is 126 cm³/mol. The fourth-order valence-electron chi connectivity index (χ4n) is 4.44. The van der Waals surface area contributed by atoms with E-state index in [9.17, 15) is 20.0 Å². The molecule has 3 aromatic heterocycles. The molecule has 1 fully saturated rings. The quantitative estimate of drug-likeness (QED) is 0.288. The van der Waals surface area contributed by atoms with Crippen molar-refractivity contribution < 1.29 is 14.8 Å². The van der Waals surface area contributed by atoms with E-state index in [4.69, 9.17) is 0 Å². The van der Waals surface area contributed by atoms with Gasteiger partial charge in [-0.2, -0.15) is 0 Å². The van der Waals surface area contributed by atoms with E-state index in [1.165, 1.54) is 18.3 Å². The molecule has 9 nitrogen and oxygen atoms in total. The summed E-state index contributed by atoms with van der Waals surface area (Å²) in [5.41, 5.74) is 2.82. The number of hydrogen-bond donors (Lipinski definition) is 3. The minimum Gasteiger partial charge on any atom is -0.494 e. The molecule has 10 heteroatoms. The molecule has 1 aliphatic rings. The molecule has 1 unspecified atom stereocenters. The van der Waals surface area contributed by atoms with E-state index < -0.39 is 4.92 Å². The Balaban J connectivity index is 0.00000259. The van der Waals surface area contributed by atoms with E-state index >= 15 is 0 Å². The summed E-state index contributed by atoms with van der Waals surface area (Å²) in [5.74, 6) is -0.218. The minimum absolute atomic E-state index is 0. The van der Waals surface area contributed by atoms with Gasteiger partial charge < -0.3 is 20.0 Å². The number of aromatic hydroxyl groups is 1. The molecule has 5 rings (SSSR count). The van der Waals surface area contributed by atoms with Crippen molar-refractivity contribution >= 4 is 34.9 Å². The summed E-state index contributed by atoms with van der Waals surface area (Å²) < 4.78 is 0. The normalized spacial score (nSPS) is 15.9. The second kappa shape index (κ2) is 8.95. The van der Waals surface area contributed by atoms with E-state index in [1.807, 2.05) is 23.4 Å². The fraction of sp³-hybridized carbons (Fsp3) is 0.217. The number of non-ortho nitro benzene ring substituents is 1. The van der Waals surface area contributed by atoms with Crippen LogP contribution in [-0.4, -0.2) is 42.3 Å². The molecule has 0 aliphatic carbocycles. The van der Waals surface area contributed by atoms with Crippen LogP contribution in [0.5, 0.6) is 5.88 Å². The Bertz CT molecular complexity index is 1300. The number of hydrogen-bond acceptors (Lipinski definition) is 5. The first-order chi connectivity index (χ1) is 15.5. The number of halogens is 1. The molecule has 0 radical (unpaired) electrons. The molecule has 1 atom stereocenters. The van der Waals surface area contributed by atoms with E-state index in [0.29, 0.717) is 34.3 Å². The highest BCUT2D eigenvalue weighted by atomic mass is 35.5. The van der Waals surface area contributed by atoms with Gasteiger partial charge in [-0.1, -0.05) is 0 Å². The highest BCUT2D eigenvalue weighted by Crippen LogP contribution is 2.37. The van der Waals surface area contributed by atoms with Gasteiger partial charge in [0, 0.05) is 48.2 Å². The SMILES string of the molecule is Cl.O=C(c1ccc(-c2c(O)[nH]c3ccc([N+](=O)[O-])cc23)nc1)N1CCCCC1c1cc[nH]c1. The van der Waals surface area contributed by atoms with Crippen molar-refractivity contribution in [3.8, 4) is 17.1 Å². The van der Waals surface area contributed by atoms with Crippen molar-refractivity contribution in [2.24, 2.45) is 0 Å². The highest BCUT2D eigenvalue weighted by molar-refractivity contribution is 6.00. The summed E-state index contributed by atoms with van der Waals surface area (Å²) in [7, 11) is 0. The van der Waals surface area contributed by atoms with Gasteiger partial charge in [0.25, 0.3) is 11.6 Å². The van der Waals surface area contributed by atoms with Crippen molar-refractivity contribution in [3.63, 3.8) is 0 Å². The summed E-state index contributed by atoms with van der Waals surface area (Å²) in [6, 6.07) is 9.68. The molecule has 170 valence electrons. The lowest BCUT2D eigenvalue weighted by Gasteiger charge is -2.35. The topological polar surface area (TPSA) is 128 Å². The zero-order chi connectivity index (χ0) is 22.2. The number of fused-ring (bicyclic) bond motifs is 1. The molecule has 4 aromatic rings. The highest BCUT2D eigenvalue weighted by Gasteiger charge is 2.29. The number of carbonyl (C=O) groups excluding carboxylic acids is 1. The van der Waals surface area contributed by atoms with Gasteiger partial charge in [0.15, 0.2) is 5.88 Å². The van der Waals surface area contributed by atoms with Gasteiger partial charge in [0.05, 0.1) is 27.8 Å². The number of likely N-dealkylation sites (tertiary alicyclic amines) is 1. The average Bonchev–Trinajstić information content (AvgIpc) is 3.45. The standard InChI is InChI=1S/C23H21N5O4.ClH/c29-22-21(17-11-16(28(31)32)5-7-18(17)26-22)19-6-4-15(13-25-19)23(30)27-10-2-1-3-20(27)14-8-9-24-12-14;/h4-9,11-13,20,24,26,29H,1-3,10H2;1H. The fourth-order valence-corrected chi connectivity index (χ4v) is 4.44. The number of nitrogens with one attached hydrogen (secondary N) is 2. The van der Waals surface area contributed by atoms with E-state index in [1.54, 1.807) is 18.2 Å². The molecule has 1 aliphatic heterocycles. The molecule has 33 heavy (non-hydrogen) atoms. The van der Waals surface area contributed by atoms with Crippen LogP contribution in [-0.2, 0) is 0 Å². The summed E-state index contributed by atoms with van der Waals surface area (Å²) in [6.45, 7) is 0.684. The van der Waals surface area contributed by atoms with Crippen LogP contribution in [0.1, 0.15) is 41.2 Å². The molecule has 1 saturated heterocycles. The molecule has 4 heterocycles. The van der Waals surface area contributed by atoms with E-state index in [-0.39, 0.29) is 35.9 Å². The Morgan fingerprint density at radius 3 is 2.76 bits per heavy atom. The molecule has 3 N–H and O–H groups in total. The third-order valence-corrected chi connectivity index (χ3v) is 6.01. The maximum atomic E-state index is 13.2. The Hall–Kier alpha value is -3.85. The lowest BCUT2D eigenvalue weighted by Crippen LogP contribution is -2.38. The van der Waals surface area contributed by atoms with Crippen LogP contribution >= 0.6 is 12.4 Å². The van der Waals surface area contributed by atoms with Gasteiger partial charge in [0.1, 0.15) is 0 Å². The van der Waals surface area contributed by atoms with Crippen molar-refractivity contribution in [3.05, 3.63) is 76.2 Å². The lowest BCUT2D eigenvalue weighted by molar-refractivity contribution is -0.384. The molecular weight excluding hydrogens is 446 g/mol. The summed E-state index contributed by atoms with van der Waals surface area (Å²) in [5, 5.41) is 22.0. The number of carbonyl (C=O) groups is 1. The van der Waals surface area contributed by atoms with Crippen molar-refractivity contribution in [2.75, 3.05) is 6.54 Å². The number of amides is 1. The Morgan fingerprint density at radius 1 is 1.21 bits per heavy atom. The van der Waals surface area contributed by atoms with Crippen molar-refractivity contribution in [2.45, 2.75) is 25.3 Å². The Kier molecular flexibility index (Phi) is 6.06. The average molecular weight is 468 g/mol. The van der Waals surface area contributed by atoms with Crippen LogP contribution in [0.15, 0.2) is 55.0 Å². The number of nitro groups is 1. The zero-order valence-corrected chi connectivity index (χ0v) is 18.3. The molecule has 0 spiro atoms. The minimum atomic E-state index is -0.484. The third kappa shape index (κ3) is 4.03. The monoisotopic (exact) mass is 467 g/mol. The summed E-state index contributed by atoms with van der Waals surface area (Å²) in [4.78, 5) is 36.1. The maximum Gasteiger partial charge on any atom is 0.270 e. The largest absolute Gasteiger partial charge is 0.494 e. The number of piperidine rings is 1. The number of nitro benzene ring substituents is 1. The number of aromatic nitrogens is 3. The molecular formula is C23H22ClN5O4. The lowest BCUT2D eigenvalue weighted by atomic mass is 9.96. The molecule has 1 aromatic carbocycles. The Morgan fingerprint density at radius 2 is 2.06 bits per heavy atom. The number of H-pyrrole nitrogens is 2. The Labute approximate surface area is 195 Å². The van der Waals surface area contributed by atoms with Crippen LogP contribution in [0.25, 0.3) is 22.2 Å². The predicted octanol–water partition coefficient (Wildman–Crippen LogP) is 4.96. The van der Waals surface area contributed by atoms with Crippen LogP contribution in [0.3, 0.4) is 0 Å². The first kappa shape index (κ1) is 22.3. The smallest absolute Gasteiger partial charge is 0.270 e. The third-order valence-electron chi connectivity index (χ3n) is 6.01. The van der Waals surface area contributed by atoms with Gasteiger partial charge in [-0.05, 0) is 49.1 Å². The van der Waals surface area contributed by atoms with E-state index in [0.717, 1.165) is 24.8 Å². The van der Waals surface area contributed by atoms with Crippen LogP contribution in [0.4, 0.5) is 5.69 Å².